The summed E-state index contributed by atoms with van der Waals surface area (Å²) < 4.78 is 11.6. The van der Waals surface area contributed by atoms with Crippen LogP contribution in [0.5, 0.6) is 5.88 Å². The standard InChI is InChI=1S/C30H25N3O6S/c1-4-38-28(36)18-7-11-20(12-8-18)31-30-33(21-13-9-19(10-14-21)29(37)39-5-2)27(35)25(40-30)24-22-16-17(3)6-15-23(22)32-26(24)34/h6-16,35H,4-5H2,1-3H3. The number of rotatable bonds is 7. The smallest absolute Gasteiger partial charge is 0.338 e. The number of amides is 1. The van der Waals surface area contributed by atoms with Crippen molar-refractivity contribution in [2.24, 2.45) is 9.98 Å². The van der Waals surface area contributed by atoms with Crippen LogP contribution >= 0.6 is 11.3 Å². The first-order chi connectivity index (χ1) is 19.3. The Morgan fingerprint density at radius 1 is 0.925 bits per heavy atom. The van der Waals surface area contributed by atoms with Gasteiger partial charge in [0, 0.05) is 5.22 Å². The Morgan fingerprint density at radius 3 is 2.12 bits per heavy atom. The first-order valence-electron chi connectivity index (χ1n) is 12.6. The fourth-order valence-electron chi connectivity index (χ4n) is 4.25. The van der Waals surface area contributed by atoms with Gasteiger partial charge in [0.2, 0.25) is 5.88 Å². The molecule has 0 bridgehead atoms. The number of aromatic nitrogens is 1. The van der Waals surface area contributed by atoms with Gasteiger partial charge >= 0.3 is 11.9 Å². The fourth-order valence-corrected chi connectivity index (χ4v) is 5.35. The second-order valence-electron chi connectivity index (χ2n) is 8.83. The summed E-state index contributed by atoms with van der Waals surface area (Å²) in [6, 6.07) is 18.6. The molecular weight excluding hydrogens is 530 g/mol. The maximum Gasteiger partial charge on any atom is 0.338 e. The van der Waals surface area contributed by atoms with E-state index in [-0.39, 0.29) is 24.7 Å². The van der Waals surface area contributed by atoms with E-state index < -0.39 is 17.8 Å². The molecule has 2 heterocycles. The van der Waals surface area contributed by atoms with Crippen molar-refractivity contribution < 1.29 is 29.0 Å². The van der Waals surface area contributed by atoms with E-state index in [4.69, 9.17) is 14.5 Å². The molecule has 0 saturated carbocycles. The summed E-state index contributed by atoms with van der Waals surface area (Å²) in [7, 11) is 0. The topological polar surface area (TPSA) is 120 Å². The Hall–Kier alpha value is -4.83. The molecule has 10 heteroatoms. The molecule has 202 valence electrons. The fraction of sp³-hybridized carbons (Fsp3) is 0.167. The zero-order valence-corrected chi connectivity index (χ0v) is 22.8. The van der Waals surface area contributed by atoms with Crippen molar-refractivity contribution in [2.75, 3.05) is 13.2 Å². The highest BCUT2D eigenvalue weighted by atomic mass is 32.1. The van der Waals surface area contributed by atoms with Gasteiger partial charge in [0.25, 0.3) is 5.91 Å². The number of aromatic hydroxyl groups is 1. The quantitative estimate of drug-likeness (QED) is 0.349. The average Bonchev–Trinajstić information content (AvgIpc) is 3.43. The lowest BCUT2D eigenvalue weighted by Crippen LogP contribution is -2.23. The van der Waals surface area contributed by atoms with E-state index >= 15 is 0 Å². The summed E-state index contributed by atoms with van der Waals surface area (Å²) in [6.45, 7) is 5.90. The van der Waals surface area contributed by atoms with E-state index in [1.54, 1.807) is 68.4 Å². The lowest BCUT2D eigenvalue weighted by Gasteiger charge is -2.08. The minimum absolute atomic E-state index is 0.191. The molecule has 3 aromatic carbocycles. The third-order valence-electron chi connectivity index (χ3n) is 6.12. The Morgan fingerprint density at radius 2 is 1.52 bits per heavy atom. The van der Waals surface area contributed by atoms with E-state index in [1.807, 2.05) is 19.1 Å². The number of esters is 2. The van der Waals surface area contributed by atoms with Gasteiger partial charge in [0.1, 0.15) is 4.88 Å². The second-order valence-corrected chi connectivity index (χ2v) is 9.81. The van der Waals surface area contributed by atoms with E-state index in [0.29, 0.717) is 42.8 Å². The van der Waals surface area contributed by atoms with Crippen LogP contribution in [0.15, 0.2) is 76.7 Å². The number of carbonyl (C=O) groups is 3. The van der Waals surface area contributed by atoms with Crippen LogP contribution in [0.3, 0.4) is 0 Å². The van der Waals surface area contributed by atoms with Gasteiger partial charge in [-0.25, -0.2) is 19.6 Å². The molecule has 1 N–H and O–H groups in total. The molecular formula is C30H25N3O6S. The first-order valence-corrected chi connectivity index (χ1v) is 13.4. The first kappa shape index (κ1) is 26.8. The molecule has 1 aliphatic heterocycles. The van der Waals surface area contributed by atoms with Crippen LogP contribution in [-0.2, 0) is 14.3 Å². The van der Waals surface area contributed by atoms with Gasteiger partial charge in [-0.3, -0.25) is 9.36 Å². The maximum atomic E-state index is 13.0. The number of aryl methyl sites for hydroxylation is 1. The van der Waals surface area contributed by atoms with Gasteiger partial charge in [-0.2, -0.15) is 0 Å². The van der Waals surface area contributed by atoms with Crippen molar-refractivity contribution >= 4 is 40.4 Å². The lowest BCUT2D eigenvalue weighted by atomic mass is 10.1. The monoisotopic (exact) mass is 555 g/mol. The highest BCUT2D eigenvalue weighted by Gasteiger charge is 2.26. The molecule has 0 unspecified atom stereocenters. The molecule has 9 nitrogen and oxygen atoms in total. The van der Waals surface area contributed by atoms with Crippen LogP contribution in [0.2, 0.25) is 0 Å². The van der Waals surface area contributed by atoms with Crippen molar-refractivity contribution in [1.29, 1.82) is 0 Å². The highest BCUT2D eigenvalue weighted by molar-refractivity contribution is 7.11. The molecule has 0 saturated heterocycles. The van der Waals surface area contributed by atoms with Gasteiger partial charge < -0.3 is 14.6 Å². The van der Waals surface area contributed by atoms with E-state index in [2.05, 4.69) is 4.99 Å². The van der Waals surface area contributed by atoms with E-state index in [9.17, 15) is 19.5 Å². The number of hydrogen-bond donors (Lipinski definition) is 1. The van der Waals surface area contributed by atoms with Crippen LogP contribution in [0.25, 0.3) is 11.3 Å². The third kappa shape index (κ3) is 5.08. The summed E-state index contributed by atoms with van der Waals surface area (Å²) in [4.78, 5) is 46.8. The van der Waals surface area contributed by atoms with Gasteiger partial charge in [0.05, 0.1) is 46.6 Å². The number of benzene rings is 3. The molecule has 1 aromatic heterocycles. The third-order valence-corrected chi connectivity index (χ3v) is 7.17. The number of nitrogens with zero attached hydrogens (tertiary/aromatic N) is 3. The number of thiazole rings is 1. The Bertz CT molecular complexity index is 1830. The number of hydrogen-bond acceptors (Lipinski definition) is 8. The Balaban J connectivity index is 1.69. The molecule has 40 heavy (non-hydrogen) atoms. The summed E-state index contributed by atoms with van der Waals surface area (Å²) in [5.74, 6) is -1.53. The molecule has 0 aliphatic carbocycles. The van der Waals surface area contributed by atoms with Crippen molar-refractivity contribution in [3.05, 3.63) is 104 Å². The molecule has 0 spiro atoms. The normalized spacial score (nSPS) is 12.7. The summed E-state index contributed by atoms with van der Waals surface area (Å²) in [6.07, 6.45) is 0. The molecule has 1 aliphatic rings. The predicted molar refractivity (Wildman–Crippen MR) is 148 cm³/mol. The van der Waals surface area contributed by atoms with Crippen molar-refractivity contribution in [2.45, 2.75) is 20.8 Å². The summed E-state index contributed by atoms with van der Waals surface area (Å²) >= 11 is 1.13. The number of carbonyl (C=O) groups excluding carboxylic acids is 3. The van der Waals surface area contributed by atoms with E-state index in [0.717, 1.165) is 16.9 Å². The predicted octanol–water partition coefficient (Wildman–Crippen LogP) is 3.50. The van der Waals surface area contributed by atoms with Crippen LogP contribution < -0.4 is 15.4 Å². The molecule has 0 fully saturated rings. The van der Waals surface area contributed by atoms with Crippen LogP contribution in [0.4, 0.5) is 5.69 Å². The SMILES string of the molecule is CCOC(=O)c1ccc(N=c2sc(C3=c4cc(C)ccc4=NC3=O)c(O)n2-c2ccc(C(=O)OCC)cc2)cc1. The minimum Gasteiger partial charge on any atom is -0.493 e. The van der Waals surface area contributed by atoms with Crippen molar-refractivity contribution in [1.82, 2.24) is 4.57 Å². The lowest BCUT2D eigenvalue weighted by molar-refractivity contribution is -0.112. The molecule has 1 amide bonds. The van der Waals surface area contributed by atoms with Gasteiger partial charge in [-0.1, -0.05) is 23.0 Å². The zero-order valence-electron chi connectivity index (χ0n) is 22.0. The molecule has 5 rings (SSSR count). The molecule has 0 atom stereocenters. The molecule has 0 radical (unpaired) electrons. The van der Waals surface area contributed by atoms with Gasteiger partial charge in [-0.15, -0.1) is 0 Å². The Labute approximate surface area is 233 Å². The van der Waals surface area contributed by atoms with Crippen molar-refractivity contribution in [3.63, 3.8) is 0 Å². The largest absolute Gasteiger partial charge is 0.493 e. The number of ether oxygens (including phenoxy) is 2. The second kappa shape index (κ2) is 11.1. The molecule has 4 aromatic rings. The number of fused-ring (bicyclic) bond motifs is 1. The maximum absolute atomic E-state index is 13.0. The van der Waals surface area contributed by atoms with Crippen LogP contribution in [0, 0.1) is 6.92 Å². The summed E-state index contributed by atoms with van der Waals surface area (Å²) in [5, 5.41) is 12.7. The van der Waals surface area contributed by atoms with E-state index in [1.165, 1.54) is 4.57 Å². The highest BCUT2D eigenvalue weighted by Crippen LogP contribution is 2.31. The Kier molecular flexibility index (Phi) is 7.43. The summed E-state index contributed by atoms with van der Waals surface area (Å²) in [5.41, 5.74) is 3.02. The van der Waals surface area contributed by atoms with Gasteiger partial charge in [0.15, 0.2) is 4.80 Å². The minimum atomic E-state index is -0.457. The van der Waals surface area contributed by atoms with Gasteiger partial charge in [-0.05, 0) is 81.4 Å². The van der Waals surface area contributed by atoms with Crippen LogP contribution in [0.1, 0.15) is 45.0 Å². The van der Waals surface area contributed by atoms with Crippen molar-refractivity contribution in [3.8, 4) is 11.6 Å². The average molecular weight is 556 g/mol. The zero-order chi connectivity index (χ0) is 28.4. The van der Waals surface area contributed by atoms with Crippen LogP contribution in [-0.4, -0.2) is 40.7 Å².